The minimum Gasteiger partial charge on any atom is -0.310 e. The van der Waals surface area contributed by atoms with Crippen LogP contribution in [-0.2, 0) is 0 Å². The van der Waals surface area contributed by atoms with Crippen LogP contribution in [0.4, 0.5) is 17.1 Å². The zero-order chi connectivity index (χ0) is 37.6. The number of rotatable bonds is 5. The molecule has 0 saturated heterocycles. The quantitative estimate of drug-likeness (QED) is 0.162. The van der Waals surface area contributed by atoms with Crippen molar-refractivity contribution in [3.05, 3.63) is 168 Å². The van der Waals surface area contributed by atoms with Crippen LogP contribution in [0.25, 0.3) is 11.1 Å². The summed E-state index contributed by atoms with van der Waals surface area (Å²) in [6.07, 6.45) is 0. The third kappa shape index (κ3) is 4.93. The van der Waals surface area contributed by atoms with Gasteiger partial charge in [0.15, 0.2) is 8.07 Å². The first-order valence-corrected chi connectivity index (χ1v) is 22.9. The molecule has 3 aliphatic rings. The van der Waals surface area contributed by atoms with Crippen LogP contribution >= 0.6 is 11.8 Å². The van der Waals surface area contributed by atoms with Crippen molar-refractivity contribution in [2.45, 2.75) is 69.1 Å². The van der Waals surface area contributed by atoms with Gasteiger partial charge in [-0.15, -0.1) is 0 Å². The Labute approximate surface area is 332 Å². The van der Waals surface area contributed by atoms with E-state index in [-0.39, 0.29) is 6.71 Å². The molecule has 0 bridgehead atoms. The van der Waals surface area contributed by atoms with E-state index in [9.17, 15) is 0 Å². The predicted octanol–water partition coefficient (Wildman–Crippen LogP) is 9.18. The Balaban J connectivity index is 1.26. The van der Waals surface area contributed by atoms with Crippen LogP contribution in [0.1, 0.15) is 76.0 Å². The summed E-state index contributed by atoms with van der Waals surface area (Å²) in [5, 5.41) is 5.94. The van der Waals surface area contributed by atoms with E-state index in [0.717, 1.165) is 0 Å². The second kappa shape index (κ2) is 13.0. The number of hydrogen-bond donors (Lipinski definition) is 0. The molecule has 0 aromatic heterocycles. The van der Waals surface area contributed by atoms with E-state index < -0.39 is 8.07 Å². The smallest absolute Gasteiger partial charge is 0.244 e. The SMILES string of the molecule is CC(C)c1cc(C(C)C)c(B2c3ccccc3Sc3c2cccc3N2c3ccccc3[Si]3(c4ccccc4-c4ccccc43)c3ccccc32)c(C(C)C)c1. The molecule has 55 heavy (non-hydrogen) atoms. The molecule has 0 saturated carbocycles. The molecule has 3 aliphatic heterocycles. The first-order chi connectivity index (χ1) is 26.8. The van der Waals surface area contributed by atoms with Crippen LogP contribution in [0.3, 0.4) is 0 Å². The van der Waals surface area contributed by atoms with Crippen molar-refractivity contribution in [3.8, 4) is 11.1 Å². The van der Waals surface area contributed by atoms with Gasteiger partial charge in [0.1, 0.15) is 0 Å². The molecule has 0 atom stereocenters. The Morgan fingerprint density at radius 3 is 1.51 bits per heavy atom. The lowest BCUT2D eigenvalue weighted by atomic mass is 9.34. The third-order valence-electron chi connectivity index (χ3n) is 12.5. The predicted molar refractivity (Wildman–Crippen MR) is 241 cm³/mol. The van der Waals surface area contributed by atoms with E-state index in [2.05, 4.69) is 198 Å². The average molecular weight is 744 g/mol. The largest absolute Gasteiger partial charge is 0.310 e. The minimum absolute atomic E-state index is 0.132. The highest BCUT2D eigenvalue weighted by molar-refractivity contribution is 8.00. The summed E-state index contributed by atoms with van der Waals surface area (Å²) in [7, 11) is -2.64. The van der Waals surface area contributed by atoms with E-state index >= 15 is 0 Å². The van der Waals surface area contributed by atoms with Crippen LogP contribution < -0.4 is 42.0 Å². The van der Waals surface area contributed by atoms with Crippen LogP contribution in [0.2, 0.25) is 0 Å². The van der Waals surface area contributed by atoms with Gasteiger partial charge in [-0.2, -0.15) is 0 Å². The molecule has 0 unspecified atom stereocenters. The van der Waals surface area contributed by atoms with Gasteiger partial charge in [-0.3, -0.25) is 0 Å². The van der Waals surface area contributed by atoms with Crippen molar-refractivity contribution in [1.82, 2.24) is 0 Å². The number of para-hydroxylation sites is 2. The van der Waals surface area contributed by atoms with Gasteiger partial charge >= 0.3 is 0 Å². The van der Waals surface area contributed by atoms with Crippen LogP contribution in [0.15, 0.2) is 161 Å². The highest BCUT2D eigenvalue weighted by Gasteiger charge is 2.54. The van der Waals surface area contributed by atoms with Gasteiger partial charge in [0.05, 0.1) is 5.69 Å². The van der Waals surface area contributed by atoms with Crippen LogP contribution in [0, 0.1) is 0 Å². The van der Waals surface area contributed by atoms with E-state index in [4.69, 9.17) is 0 Å². The summed E-state index contributed by atoms with van der Waals surface area (Å²) in [6, 6.07) is 58.6. The summed E-state index contributed by atoms with van der Waals surface area (Å²) in [5.41, 5.74) is 15.4. The normalized spacial score (nSPS) is 14.5. The summed E-state index contributed by atoms with van der Waals surface area (Å²) >= 11 is 1.96. The highest BCUT2D eigenvalue weighted by Crippen LogP contribution is 2.46. The summed E-state index contributed by atoms with van der Waals surface area (Å²) in [4.78, 5) is 5.34. The summed E-state index contributed by atoms with van der Waals surface area (Å²) in [5.74, 6) is 1.28. The number of fused-ring (bicyclic) bond motifs is 11. The Kier molecular flexibility index (Phi) is 8.17. The second-order valence-electron chi connectivity index (χ2n) is 16.6. The molecule has 10 rings (SSSR count). The summed E-state index contributed by atoms with van der Waals surface area (Å²) in [6.45, 7) is 14.3. The summed E-state index contributed by atoms with van der Waals surface area (Å²) < 4.78 is 0. The molecule has 1 spiro atoms. The first kappa shape index (κ1) is 34.5. The molecule has 0 amide bonds. The van der Waals surface area contributed by atoms with Crippen molar-refractivity contribution in [2.75, 3.05) is 4.90 Å². The topological polar surface area (TPSA) is 3.24 Å². The van der Waals surface area contributed by atoms with Gasteiger partial charge in [-0.1, -0.05) is 197 Å². The van der Waals surface area contributed by atoms with Crippen molar-refractivity contribution < 1.29 is 0 Å². The Morgan fingerprint density at radius 2 is 0.945 bits per heavy atom. The molecule has 7 aromatic rings. The lowest BCUT2D eigenvalue weighted by molar-refractivity contribution is 0.812. The molecule has 0 fully saturated rings. The van der Waals surface area contributed by atoms with E-state index in [1.54, 1.807) is 0 Å². The zero-order valence-corrected chi connectivity index (χ0v) is 34.4. The Hall–Kier alpha value is -5.03. The van der Waals surface area contributed by atoms with Gasteiger partial charge in [0.25, 0.3) is 0 Å². The second-order valence-corrected chi connectivity index (χ2v) is 21.3. The lowest BCUT2D eigenvalue weighted by Gasteiger charge is -2.44. The van der Waals surface area contributed by atoms with Gasteiger partial charge in [-0.25, -0.2) is 0 Å². The standard InChI is InChI=1S/C51H46BNSSi/c1-32(2)35-30-38(33(3)4)50(39(31-35)34(5)6)52-40-20-9-12-25-45(40)54-51-41(52)21-17-24-44(51)53-42-22-10-15-28-48(42)55(49-29-16-11-23-43(49)53)46-26-13-7-18-36(46)37-19-8-14-27-47(37)55/h7-34H,1-6H3. The number of hydrogen-bond acceptors (Lipinski definition) is 2. The maximum atomic E-state index is 2.62. The molecular formula is C51H46BNSSi. The molecule has 0 radical (unpaired) electrons. The van der Waals surface area contributed by atoms with Gasteiger partial charge in [-0.05, 0) is 90.6 Å². The molecule has 3 heterocycles. The zero-order valence-electron chi connectivity index (χ0n) is 32.6. The molecule has 268 valence electrons. The van der Waals surface area contributed by atoms with E-state index in [1.165, 1.54) is 91.8 Å². The molecular weight excluding hydrogens is 698 g/mol. The number of nitrogens with zero attached hydrogens (tertiary/aromatic N) is 1. The molecule has 0 aliphatic carbocycles. The van der Waals surface area contributed by atoms with Crippen molar-refractivity contribution in [3.63, 3.8) is 0 Å². The molecule has 1 nitrogen and oxygen atoms in total. The number of benzene rings is 7. The monoisotopic (exact) mass is 743 g/mol. The van der Waals surface area contributed by atoms with Crippen molar-refractivity contribution >= 4 is 80.7 Å². The fraction of sp³-hybridized carbons (Fsp3) is 0.176. The Bertz CT molecular complexity index is 2530. The first-order valence-electron chi connectivity index (χ1n) is 20.1. The Morgan fingerprint density at radius 1 is 0.473 bits per heavy atom. The average Bonchev–Trinajstić information content (AvgIpc) is 3.50. The maximum Gasteiger partial charge on any atom is 0.244 e. The van der Waals surface area contributed by atoms with Gasteiger partial charge < -0.3 is 4.90 Å². The molecule has 4 heteroatoms. The van der Waals surface area contributed by atoms with Crippen molar-refractivity contribution in [1.29, 1.82) is 0 Å². The number of anilines is 3. The highest BCUT2D eigenvalue weighted by atomic mass is 32.2. The van der Waals surface area contributed by atoms with Gasteiger partial charge in [0, 0.05) is 21.2 Å². The fourth-order valence-electron chi connectivity index (χ4n) is 10.1. The lowest BCUT2D eigenvalue weighted by Crippen LogP contribution is -2.75. The maximum absolute atomic E-state index is 2.64. The fourth-order valence-corrected chi connectivity index (χ4v) is 16.9. The molecule has 7 aromatic carbocycles. The molecule has 0 N–H and O–H groups in total. The van der Waals surface area contributed by atoms with Gasteiger partial charge in [0.2, 0.25) is 6.71 Å². The van der Waals surface area contributed by atoms with E-state index in [1.807, 2.05) is 11.8 Å². The minimum atomic E-state index is -2.64. The van der Waals surface area contributed by atoms with Crippen LogP contribution in [-0.4, -0.2) is 14.8 Å². The van der Waals surface area contributed by atoms with E-state index in [0.29, 0.717) is 17.8 Å². The van der Waals surface area contributed by atoms with Crippen molar-refractivity contribution in [2.24, 2.45) is 0 Å². The third-order valence-corrected chi connectivity index (χ3v) is 18.7. The van der Waals surface area contributed by atoms with Crippen LogP contribution in [0.5, 0.6) is 0 Å².